The van der Waals surface area contributed by atoms with Crippen molar-refractivity contribution >= 4 is 17.7 Å². The third-order valence-electron chi connectivity index (χ3n) is 5.67. The van der Waals surface area contributed by atoms with Gasteiger partial charge in [-0.15, -0.1) is 0 Å². The topological polar surface area (TPSA) is 57.7 Å². The molecule has 1 aliphatic heterocycles. The molecule has 0 saturated heterocycles. The van der Waals surface area contributed by atoms with Crippen LogP contribution in [0.15, 0.2) is 66.7 Å². The van der Waals surface area contributed by atoms with E-state index in [1.807, 2.05) is 0 Å². The van der Waals surface area contributed by atoms with E-state index in [4.69, 9.17) is 0 Å². The molecule has 1 aliphatic rings. The van der Waals surface area contributed by atoms with Crippen LogP contribution in [0.2, 0.25) is 0 Å². The average Bonchev–Trinajstić information content (AvgIpc) is 3.01. The lowest BCUT2D eigenvalue weighted by Gasteiger charge is -2.19. The summed E-state index contributed by atoms with van der Waals surface area (Å²) in [5.74, 6) is -0.643. The van der Waals surface area contributed by atoms with Crippen molar-refractivity contribution in [3.63, 3.8) is 0 Å². The molecule has 1 heterocycles. The van der Waals surface area contributed by atoms with Crippen LogP contribution in [0.4, 0.5) is 0 Å². The van der Waals surface area contributed by atoms with Crippen LogP contribution in [-0.4, -0.2) is 34.6 Å². The number of nitrogens with zero attached hydrogens (tertiary/aromatic N) is 2. The van der Waals surface area contributed by atoms with Crippen molar-refractivity contribution in [3.8, 4) is 0 Å². The van der Waals surface area contributed by atoms with Crippen molar-refractivity contribution in [2.45, 2.75) is 26.9 Å². The smallest absolute Gasteiger partial charge is 0.261 e. The molecule has 3 aromatic carbocycles. The van der Waals surface area contributed by atoms with Crippen molar-refractivity contribution in [2.75, 3.05) is 7.05 Å². The van der Waals surface area contributed by atoms with Crippen LogP contribution in [0.5, 0.6) is 0 Å². The lowest BCUT2D eigenvalue weighted by molar-refractivity contribution is 0.0641. The van der Waals surface area contributed by atoms with Gasteiger partial charge in [-0.05, 0) is 54.8 Å². The summed E-state index contributed by atoms with van der Waals surface area (Å²) >= 11 is 0. The fourth-order valence-corrected chi connectivity index (χ4v) is 3.89. The maximum Gasteiger partial charge on any atom is 0.261 e. The second kappa shape index (κ2) is 8.19. The van der Waals surface area contributed by atoms with Gasteiger partial charge in [-0.1, -0.05) is 48.0 Å². The van der Waals surface area contributed by atoms with E-state index >= 15 is 0 Å². The molecular formula is C26H24N2O3. The summed E-state index contributed by atoms with van der Waals surface area (Å²) < 4.78 is 0. The molecule has 0 unspecified atom stereocenters. The molecule has 0 bridgehead atoms. The molecule has 3 amide bonds. The molecule has 156 valence electrons. The molecule has 0 spiro atoms. The van der Waals surface area contributed by atoms with Gasteiger partial charge in [0.25, 0.3) is 17.7 Å². The van der Waals surface area contributed by atoms with Crippen LogP contribution in [0.25, 0.3) is 0 Å². The van der Waals surface area contributed by atoms with E-state index in [9.17, 15) is 14.4 Å². The monoisotopic (exact) mass is 412 g/mol. The molecule has 0 N–H and O–H groups in total. The molecule has 0 radical (unpaired) electrons. The number of imide groups is 1. The van der Waals surface area contributed by atoms with Gasteiger partial charge in [0, 0.05) is 19.2 Å². The van der Waals surface area contributed by atoms with Crippen molar-refractivity contribution < 1.29 is 14.4 Å². The van der Waals surface area contributed by atoms with Gasteiger partial charge in [-0.2, -0.15) is 0 Å². The second-order valence-electron chi connectivity index (χ2n) is 8.03. The Kier molecular flexibility index (Phi) is 5.42. The minimum atomic E-state index is -0.283. The van der Waals surface area contributed by atoms with E-state index in [-0.39, 0.29) is 24.3 Å². The Balaban J connectivity index is 1.44. The Morgan fingerprint density at radius 1 is 0.871 bits per heavy atom. The lowest BCUT2D eigenvalue weighted by atomic mass is 10.0. The van der Waals surface area contributed by atoms with Gasteiger partial charge in [0.15, 0.2) is 0 Å². The van der Waals surface area contributed by atoms with Crippen LogP contribution < -0.4 is 0 Å². The zero-order valence-electron chi connectivity index (χ0n) is 17.9. The van der Waals surface area contributed by atoms with Crippen LogP contribution in [0.1, 0.15) is 53.3 Å². The zero-order valence-corrected chi connectivity index (χ0v) is 17.9. The first kappa shape index (κ1) is 20.5. The molecular weight excluding hydrogens is 388 g/mol. The van der Waals surface area contributed by atoms with Crippen molar-refractivity contribution in [1.29, 1.82) is 0 Å². The van der Waals surface area contributed by atoms with E-state index in [0.717, 1.165) is 16.7 Å². The molecule has 5 heteroatoms. The van der Waals surface area contributed by atoms with Gasteiger partial charge >= 0.3 is 0 Å². The molecule has 0 atom stereocenters. The number of hydrogen-bond acceptors (Lipinski definition) is 3. The van der Waals surface area contributed by atoms with Crippen molar-refractivity contribution in [2.24, 2.45) is 0 Å². The average molecular weight is 412 g/mol. The summed E-state index contributed by atoms with van der Waals surface area (Å²) in [7, 11) is 1.79. The normalized spacial score (nSPS) is 12.8. The quantitative estimate of drug-likeness (QED) is 0.585. The Bertz CT molecular complexity index is 1150. The molecule has 31 heavy (non-hydrogen) atoms. The van der Waals surface area contributed by atoms with E-state index in [1.54, 1.807) is 60.5 Å². The lowest BCUT2D eigenvalue weighted by Crippen LogP contribution is -2.29. The summed E-state index contributed by atoms with van der Waals surface area (Å²) in [6, 6.07) is 20.1. The summed E-state index contributed by atoms with van der Waals surface area (Å²) in [6.45, 7) is 4.81. The number of fused-ring (bicyclic) bond motifs is 1. The van der Waals surface area contributed by atoms with E-state index in [2.05, 4.69) is 32.0 Å². The summed E-state index contributed by atoms with van der Waals surface area (Å²) in [4.78, 5) is 40.9. The third kappa shape index (κ3) is 3.99. The fourth-order valence-electron chi connectivity index (χ4n) is 3.89. The Labute approximate surface area is 181 Å². The molecule has 0 aliphatic carbocycles. The summed E-state index contributed by atoms with van der Waals surface area (Å²) in [6.07, 6.45) is 0. The highest BCUT2D eigenvalue weighted by Crippen LogP contribution is 2.24. The van der Waals surface area contributed by atoms with Crippen LogP contribution >= 0.6 is 0 Å². The van der Waals surface area contributed by atoms with Crippen LogP contribution in [0, 0.1) is 13.8 Å². The number of benzene rings is 3. The highest BCUT2D eigenvalue weighted by Gasteiger charge is 2.34. The zero-order chi connectivity index (χ0) is 22.1. The molecule has 0 aromatic heterocycles. The SMILES string of the molecule is Cc1ccc(CN(C)C(=O)c2ccc(CN3C(=O)c4ccccc4C3=O)cc2)c(C)c1. The van der Waals surface area contributed by atoms with Crippen LogP contribution in [0.3, 0.4) is 0 Å². The van der Waals surface area contributed by atoms with Gasteiger partial charge in [-0.25, -0.2) is 0 Å². The van der Waals surface area contributed by atoms with Crippen molar-refractivity contribution in [3.05, 3.63) is 106 Å². The highest BCUT2D eigenvalue weighted by atomic mass is 16.2. The maximum absolute atomic E-state index is 12.8. The number of carbonyl (C=O) groups excluding carboxylic acids is 3. The standard InChI is InChI=1S/C26H24N2O3/c1-17-8-11-21(18(2)14-17)16-27(3)24(29)20-12-9-19(10-13-20)15-28-25(30)22-6-4-5-7-23(22)26(28)31/h4-14H,15-16H2,1-3H3. The molecule has 0 saturated carbocycles. The Hall–Kier alpha value is -3.73. The molecule has 5 nitrogen and oxygen atoms in total. The largest absolute Gasteiger partial charge is 0.337 e. The predicted octanol–water partition coefficient (Wildman–Crippen LogP) is 4.37. The minimum absolute atomic E-state index is 0.0766. The Morgan fingerprint density at radius 2 is 1.48 bits per heavy atom. The number of carbonyl (C=O) groups is 3. The minimum Gasteiger partial charge on any atom is -0.337 e. The van der Waals surface area contributed by atoms with Gasteiger partial charge < -0.3 is 4.90 Å². The maximum atomic E-state index is 12.8. The van der Waals surface area contributed by atoms with E-state index < -0.39 is 0 Å². The summed E-state index contributed by atoms with van der Waals surface area (Å²) in [5.41, 5.74) is 5.71. The number of amides is 3. The van der Waals surface area contributed by atoms with Gasteiger partial charge in [0.1, 0.15) is 0 Å². The molecule has 4 rings (SSSR count). The predicted molar refractivity (Wildman–Crippen MR) is 119 cm³/mol. The summed E-state index contributed by atoms with van der Waals surface area (Å²) in [5, 5.41) is 0. The number of rotatable bonds is 5. The fraction of sp³-hybridized carbons (Fsp3) is 0.192. The molecule has 3 aromatic rings. The van der Waals surface area contributed by atoms with Gasteiger partial charge in [0.2, 0.25) is 0 Å². The molecule has 0 fully saturated rings. The number of hydrogen-bond donors (Lipinski definition) is 0. The second-order valence-corrected chi connectivity index (χ2v) is 8.03. The van der Waals surface area contributed by atoms with Crippen LogP contribution in [-0.2, 0) is 13.1 Å². The Morgan fingerprint density at radius 3 is 2.06 bits per heavy atom. The van der Waals surface area contributed by atoms with E-state index in [1.165, 1.54) is 10.5 Å². The highest BCUT2D eigenvalue weighted by molar-refractivity contribution is 6.21. The number of aryl methyl sites for hydroxylation is 2. The van der Waals surface area contributed by atoms with E-state index in [0.29, 0.717) is 23.2 Å². The van der Waals surface area contributed by atoms with Gasteiger partial charge in [0.05, 0.1) is 17.7 Å². The van der Waals surface area contributed by atoms with Crippen molar-refractivity contribution in [1.82, 2.24) is 9.80 Å². The first-order chi connectivity index (χ1) is 14.8. The third-order valence-corrected chi connectivity index (χ3v) is 5.67. The first-order valence-electron chi connectivity index (χ1n) is 10.2. The van der Waals surface area contributed by atoms with Gasteiger partial charge in [-0.3, -0.25) is 19.3 Å². The first-order valence-corrected chi connectivity index (χ1v) is 10.2.